The summed E-state index contributed by atoms with van der Waals surface area (Å²) in [4.78, 5) is 0. The number of hydrogen-bond donors (Lipinski definition) is 0. The first-order valence-corrected chi connectivity index (χ1v) is 5.76. The van der Waals surface area contributed by atoms with Crippen LogP contribution < -0.4 is 0 Å². The van der Waals surface area contributed by atoms with E-state index < -0.39 is 0 Å². The molecule has 0 bridgehead atoms. The smallest absolute Gasteiger partial charge is 0.0810 e. The van der Waals surface area contributed by atoms with E-state index >= 15 is 0 Å². The summed E-state index contributed by atoms with van der Waals surface area (Å²) in [6.07, 6.45) is 11.6. The van der Waals surface area contributed by atoms with Gasteiger partial charge in [0.15, 0.2) is 0 Å². The fourth-order valence-corrected chi connectivity index (χ4v) is 2.63. The summed E-state index contributed by atoms with van der Waals surface area (Å²) in [5.41, 5.74) is 0.601. The maximum Gasteiger partial charge on any atom is 0.0810 e. The van der Waals surface area contributed by atoms with Crippen molar-refractivity contribution in [2.24, 2.45) is 5.41 Å². The van der Waals surface area contributed by atoms with Gasteiger partial charge in [-0.05, 0) is 37.5 Å². The van der Waals surface area contributed by atoms with Crippen molar-refractivity contribution < 1.29 is 4.74 Å². The van der Waals surface area contributed by atoms with Crippen LogP contribution in [0.15, 0.2) is 0 Å². The predicted molar refractivity (Wildman–Crippen MR) is 54.5 cm³/mol. The van der Waals surface area contributed by atoms with Crippen LogP contribution in [0.2, 0.25) is 0 Å². The number of epoxide rings is 1. The monoisotopic (exact) mass is 181 g/mol. The van der Waals surface area contributed by atoms with Gasteiger partial charge in [0.25, 0.3) is 0 Å². The Hall–Kier alpha value is -0.0400. The predicted octanol–water partition coefficient (Wildman–Crippen LogP) is 3.34. The van der Waals surface area contributed by atoms with E-state index in [1.807, 2.05) is 0 Å². The third-order valence-electron chi connectivity index (χ3n) is 3.84. The lowest BCUT2D eigenvalue weighted by molar-refractivity contribution is 0.164. The first kappa shape index (κ1) is 9.51. The summed E-state index contributed by atoms with van der Waals surface area (Å²) in [5, 5.41) is 0. The molecular formula is C12H21O. The average Bonchev–Trinajstić information content (AvgIpc) is 3.00. The molecule has 0 spiro atoms. The average molecular weight is 181 g/mol. The second-order valence-corrected chi connectivity index (χ2v) is 4.80. The molecule has 0 aromatic carbocycles. The van der Waals surface area contributed by atoms with Crippen molar-refractivity contribution in [3.05, 3.63) is 6.92 Å². The van der Waals surface area contributed by atoms with Gasteiger partial charge in [-0.15, -0.1) is 0 Å². The van der Waals surface area contributed by atoms with E-state index in [-0.39, 0.29) is 0 Å². The molecule has 2 fully saturated rings. The molecule has 75 valence electrons. The van der Waals surface area contributed by atoms with Gasteiger partial charge in [-0.3, -0.25) is 0 Å². The number of rotatable bonds is 4. The maximum atomic E-state index is 5.27. The molecule has 1 heteroatoms. The molecule has 13 heavy (non-hydrogen) atoms. The number of hydrogen-bond acceptors (Lipinski definition) is 1. The Balaban J connectivity index is 1.80. The minimum Gasteiger partial charge on any atom is -0.373 e. The van der Waals surface area contributed by atoms with E-state index in [0.29, 0.717) is 11.5 Å². The highest BCUT2D eigenvalue weighted by molar-refractivity contribution is 4.85. The molecule has 1 saturated heterocycles. The van der Waals surface area contributed by atoms with E-state index in [4.69, 9.17) is 4.74 Å². The largest absolute Gasteiger partial charge is 0.373 e. The third kappa shape index (κ3) is 2.46. The van der Waals surface area contributed by atoms with Gasteiger partial charge in [-0.2, -0.15) is 0 Å². The highest BCUT2D eigenvalue weighted by Crippen LogP contribution is 2.43. The Bertz CT molecular complexity index is 155. The van der Waals surface area contributed by atoms with Crippen molar-refractivity contribution in [3.8, 4) is 0 Å². The van der Waals surface area contributed by atoms with Crippen LogP contribution in [0.4, 0.5) is 0 Å². The molecule has 1 aliphatic carbocycles. The summed E-state index contributed by atoms with van der Waals surface area (Å²) in [7, 11) is 0. The van der Waals surface area contributed by atoms with Crippen molar-refractivity contribution in [2.75, 3.05) is 6.61 Å². The Morgan fingerprint density at radius 3 is 2.46 bits per heavy atom. The van der Waals surface area contributed by atoms with Crippen molar-refractivity contribution in [2.45, 2.75) is 57.5 Å². The van der Waals surface area contributed by atoms with Crippen LogP contribution in [-0.4, -0.2) is 12.7 Å². The molecule has 2 aliphatic rings. The molecule has 0 aromatic rings. The molecular weight excluding hydrogens is 160 g/mol. The highest BCUT2D eigenvalue weighted by atomic mass is 16.6. The summed E-state index contributed by atoms with van der Waals surface area (Å²) in [6.45, 7) is 5.16. The lowest BCUT2D eigenvalue weighted by atomic mass is 9.69. The Morgan fingerprint density at radius 2 is 1.92 bits per heavy atom. The Kier molecular flexibility index (Phi) is 2.92. The van der Waals surface area contributed by atoms with Crippen LogP contribution in [0.3, 0.4) is 0 Å². The van der Waals surface area contributed by atoms with Crippen LogP contribution in [0.1, 0.15) is 51.4 Å². The second-order valence-electron chi connectivity index (χ2n) is 4.80. The van der Waals surface area contributed by atoms with E-state index in [1.165, 1.54) is 44.9 Å². The third-order valence-corrected chi connectivity index (χ3v) is 3.84. The molecule has 0 amide bonds. The van der Waals surface area contributed by atoms with Crippen LogP contribution in [0, 0.1) is 12.3 Å². The van der Waals surface area contributed by atoms with Crippen LogP contribution in [0.25, 0.3) is 0 Å². The standard InChI is InChI=1S/C12H21O/c1-2-12(7-4-3-5-8-12)9-6-11-10-13-11/h11H,1-10H2. The zero-order valence-corrected chi connectivity index (χ0v) is 8.56. The molecule has 1 aliphatic heterocycles. The molecule has 0 N–H and O–H groups in total. The molecule has 0 aromatic heterocycles. The van der Waals surface area contributed by atoms with Crippen molar-refractivity contribution in [1.29, 1.82) is 0 Å². The zero-order chi connectivity index (χ0) is 9.15. The first-order valence-electron chi connectivity index (χ1n) is 5.76. The van der Waals surface area contributed by atoms with Gasteiger partial charge >= 0.3 is 0 Å². The molecule has 1 saturated carbocycles. The first-order chi connectivity index (χ1) is 6.35. The lowest BCUT2D eigenvalue weighted by Gasteiger charge is -2.36. The fourth-order valence-electron chi connectivity index (χ4n) is 2.63. The minimum absolute atomic E-state index is 0.601. The van der Waals surface area contributed by atoms with Gasteiger partial charge in [0, 0.05) is 0 Å². The summed E-state index contributed by atoms with van der Waals surface area (Å²) >= 11 is 0. The lowest BCUT2D eigenvalue weighted by Crippen LogP contribution is -2.23. The molecule has 1 nitrogen and oxygen atoms in total. The molecule has 1 unspecified atom stereocenters. The summed E-state index contributed by atoms with van der Waals surface area (Å²) in [6, 6.07) is 0. The van der Waals surface area contributed by atoms with Crippen molar-refractivity contribution >= 4 is 0 Å². The highest BCUT2D eigenvalue weighted by Gasteiger charge is 2.33. The molecule has 1 atom stereocenters. The second kappa shape index (κ2) is 4.00. The molecule has 1 radical (unpaired) electrons. The van der Waals surface area contributed by atoms with Crippen LogP contribution in [-0.2, 0) is 4.74 Å². The van der Waals surface area contributed by atoms with Gasteiger partial charge in [0.2, 0.25) is 0 Å². The summed E-state index contributed by atoms with van der Waals surface area (Å²) in [5.74, 6) is 0. The molecule has 2 rings (SSSR count). The van der Waals surface area contributed by atoms with Gasteiger partial charge in [0.05, 0.1) is 12.7 Å². The van der Waals surface area contributed by atoms with E-state index in [2.05, 4.69) is 6.92 Å². The Morgan fingerprint density at radius 1 is 1.23 bits per heavy atom. The van der Waals surface area contributed by atoms with E-state index in [1.54, 1.807) is 0 Å². The molecule has 1 heterocycles. The normalized spacial score (nSPS) is 31.6. The Labute approximate surface area is 81.9 Å². The van der Waals surface area contributed by atoms with Gasteiger partial charge in [0.1, 0.15) is 0 Å². The quantitative estimate of drug-likeness (QED) is 0.606. The summed E-state index contributed by atoms with van der Waals surface area (Å²) < 4.78 is 5.27. The van der Waals surface area contributed by atoms with E-state index in [0.717, 1.165) is 13.0 Å². The van der Waals surface area contributed by atoms with E-state index in [9.17, 15) is 0 Å². The van der Waals surface area contributed by atoms with Crippen LogP contribution >= 0.6 is 0 Å². The van der Waals surface area contributed by atoms with Gasteiger partial charge in [-0.25, -0.2) is 0 Å². The fraction of sp³-hybridized carbons (Fsp3) is 0.917. The van der Waals surface area contributed by atoms with Gasteiger partial charge in [-0.1, -0.05) is 26.2 Å². The zero-order valence-electron chi connectivity index (χ0n) is 8.56. The topological polar surface area (TPSA) is 12.5 Å². The van der Waals surface area contributed by atoms with Crippen LogP contribution in [0.5, 0.6) is 0 Å². The van der Waals surface area contributed by atoms with Crippen molar-refractivity contribution in [1.82, 2.24) is 0 Å². The SMILES string of the molecule is [CH2]CC1(CCC2CO2)CCCCC1. The van der Waals surface area contributed by atoms with Crippen molar-refractivity contribution in [3.63, 3.8) is 0 Å². The minimum atomic E-state index is 0.601. The van der Waals surface area contributed by atoms with Gasteiger partial charge < -0.3 is 4.74 Å². The maximum absolute atomic E-state index is 5.27. The number of ether oxygens (including phenoxy) is 1.